The van der Waals surface area contributed by atoms with Gasteiger partial charge in [0.15, 0.2) is 6.10 Å². The number of aliphatic carboxylic acids is 1. The van der Waals surface area contributed by atoms with Crippen molar-refractivity contribution in [2.24, 2.45) is 0 Å². The number of aliphatic hydroxyl groups is 1. The summed E-state index contributed by atoms with van der Waals surface area (Å²) in [6, 6.07) is 18.9. The first kappa shape index (κ1) is 29.1. The molecule has 0 bridgehead atoms. The van der Waals surface area contributed by atoms with Gasteiger partial charge in [0, 0.05) is 16.9 Å². The number of carbonyl (C=O) groups is 3. The smallest absolute Gasteiger partial charge is 0.334 e. The van der Waals surface area contributed by atoms with Gasteiger partial charge in [0.25, 0.3) is 5.91 Å². The minimum Gasteiger partial charge on any atom is -0.479 e. The molecule has 0 radical (unpaired) electrons. The average molecular weight is 582 g/mol. The van der Waals surface area contributed by atoms with Crippen LogP contribution in [0.15, 0.2) is 72.8 Å². The number of carboxylic acid groups (broad SMARTS) is 1. The van der Waals surface area contributed by atoms with Crippen molar-refractivity contribution in [3.05, 3.63) is 99.5 Å². The van der Waals surface area contributed by atoms with Crippen LogP contribution in [0.3, 0.4) is 0 Å². The molecule has 0 fully saturated rings. The number of nitrogens with one attached hydrogen (secondary N) is 2. The molecule has 0 spiro atoms. The maximum Gasteiger partial charge on any atom is 0.334 e. The van der Waals surface area contributed by atoms with Gasteiger partial charge in [-0.05, 0) is 84.8 Å². The number of halogens is 2. The number of carbonyl (C=O) groups excluding carboxylic acids is 2. The van der Waals surface area contributed by atoms with E-state index in [9.17, 15) is 19.5 Å². The van der Waals surface area contributed by atoms with Gasteiger partial charge in [0.2, 0.25) is 0 Å². The normalized spacial score (nSPS) is 13.6. The molecule has 3 amide bonds. The van der Waals surface area contributed by atoms with Crippen molar-refractivity contribution in [2.75, 3.05) is 16.8 Å². The summed E-state index contributed by atoms with van der Waals surface area (Å²) in [4.78, 5) is 38.2. The number of rotatable bonds is 9. The topological polar surface area (TPSA) is 119 Å². The van der Waals surface area contributed by atoms with Crippen molar-refractivity contribution < 1.29 is 24.6 Å². The van der Waals surface area contributed by atoms with E-state index in [4.69, 9.17) is 28.3 Å². The Labute approximate surface area is 242 Å². The van der Waals surface area contributed by atoms with Gasteiger partial charge in [0.05, 0.1) is 23.1 Å². The Morgan fingerprint density at radius 2 is 1.65 bits per heavy atom. The first-order valence-corrected chi connectivity index (χ1v) is 13.6. The third kappa shape index (κ3) is 7.63. The predicted octanol–water partition coefficient (Wildman–Crippen LogP) is 6.36. The summed E-state index contributed by atoms with van der Waals surface area (Å²) in [6.45, 7) is -0.208. The van der Waals surface area contributed by atoms with Gasteiger partial charge < -0.3 is 20.8 Å². The first-order chi connectivity index (χ1) is 19.2. The Balaban J connectivity index is 1.53. The highest BCUT2D eigenvalue weighted by Crippen LogP contribution is 2.30. The van der Waals surface area contributed by atoms with Crippen molar-refractivity contribution in [1.82, 2.24) is 5.32 Å². The molecule has 40 heavy (non-hydrogen) atoms. The highest BCUT2D eigenvalue weighted by Gasteiger charge is 2.19. The van der Waals surface area contributed by atoms with E-state index in [0.29, 0.717) is 27.0 Å². The summed E-state index contributed by atoms with van der Waals surface area (Å²) < 4.78 is 0. The van der Waals surface area contributed by atoms with Crippen LogP contribution in [-0.2, 0) is 11.3 Å². The summed E-state index contributed by atoms with van der Waals surface area (Å²) in [5.74, 6) is -1.94. The van der Waals surface area contributed by atoms with E-state index >= 15 is 0 Å². The maximum atomic E-state index is 13.5. The number of hydrogen-bond donors (Lipinski definition) is 4. The minimum atomic E-state index is -1.69. The van der Waals surface area contributed by atoms with E-state index in [2.05, 4.69) is 16.7 Å². The van der Waals surface area contributed by atoms with E-state index in [1.165, 1.54) is 18.4 Å². The lowest BCUT2D eigenvalue weighted by Crippen LogP contribution is -2.36. The molecule has 8 nitrogen and oxygen atoms in total. The fraction of sp³-hybridized carbons (Fsp3) is 0.233. The van der Waals surface area contributed by atoms with E-state index in [1.54, 1.807) is 47.4 Å². The number of aliphatic hydroxyl groups excluding tert-OH is 1. The van der Waals surface area contributed by atoms with Crippen LogP contribution in [0.25, 0.3) is 5.57 Å². The molecule has 4 N–H and O–H groups in total. The summed E-state index contributed by atoms with van der Waals surface area (Å²) >= 11 is 12.2. The third-order valence-corrected chi connectivity index (χ3v) is 7.29. The molecule has 4 rings (SSSR count). The number of nitrogens with zero attached hydrogens (tertiary/aromatic N) is 1. The minimum absolute atomic E-state index is 0.203. The number of urea groups is 1. The lowest BCUT2D eigenvalue weighted by Gasteiger charge is -2.24. The van der Waals surface area contributed by atoms with E-state index in [0.717, 1.165) is 24.0 Å². The predicted molar refractivity (Wildman–Crippen MR) is 157 cm³/mol. The Hall–Kier alpha value is -3.85. The van der Waals surface area contributed by atoms with Gasteiger partial charge in [-0.15, -0.1) is 0 Å². The molecule has 208 valence electrons. The van der Waals surface area contributed by atoms with Crippen molar-refractivity contribution in [3.8, 4) is 0 Å². The van der Waals surface area contributed by atoms with Gasteiger partial charge in [0.1, 0.15) is 0 Å². The van der Waals surface area contributed by atoms with Crippen molar-refractivity contribution in [2.45, 2.75) is 38.3 Å². The lowest BCUT2D eigenvalue weighted by atomic mass is 9.93. The summed E-state index contributed by atoms with van der Waals surface area (Å²) in [5, 5.41) is 24.1. The second-order valence-electron chi connectivity index (χ2n) is 9.43. The zero-order valence-electron chi connectivity index (χ0n) is 21.6. The second kappa shape index (κ2) is 13.5. The van der Waals surface area contributed by atoms with Crippen LogP contribution in [0.4, 0.5) is 16.2 Å². The molecule has 1 atom stereocenters. The molecule has 1 aliphatic rings. The SMILES string of the molecule is O=C(NCC(O)C(=O)O)c1ccc(CN(C(=O)Nc2ccc(Cl)c(Cl)c2)c2ccc(C3=CCCCC3)cc2)cc1. The van der Waals surface area contributed by atoms with Crippen LogP contribution in [0.5, 0.6) is 0 Å². The number of amides is 3. The van der Waals surface area contributed by atoms with E-state index < -0.39 is 24.5 Å². The lowest BCUT2D eigenvalue weighted by molar-refractivity contribution is -0.146. The van der Waals surface area contributed by atoms with Crippen LogP contribution >= 0.6 is 23.2 Å². The van der Waals surface area contributed by atoms with Gasteiger partial charge in [-0.3, -0.25) is 9.69 Å². The van der Waals surface area contributed by atoms with Crippen LogP contribution in [0.2, 0.25) is 10.0 Å². The largest absolute Gasteiger partial charge is 0.479 e. The highest BCUT2D eigenvalue weighted by atomic mass is 35.5. The zero-order valence-corrected chi connectivity index (χ0v) is 23.1. The molecular weight excluding hydrogens is 553 g/mol. The zero-order chi connectivity index (χ0) is 28.6. The van der Waals surface area contributed by atoms with E-state index in [1.807, 2.05) is 24.3 Å². The van der Waals surface area contributed by atoms with Gasteiger partial charge in [-0.25, -0.2) is 9.59 Å². The fourth-order valence-corrected chi connectivity index (χ4v) is 4.62. The number of anilines is 2. The molecule has 0 aromatic heterocycles. The van der Waals surface area contributed by atoms with Gasteiger partial charge in [-0.1, -0.05) is 53.5 Å². The average Bonchev–Trinajstić information content (AvgIpc) is 2.97. The van der Waals surface area contributed by atoms with Crippen molar-refractivity contribution in [3.63, 3.8) is 0 Å². The Morgan fingerprint density at radius 1 is 0.925 bits per heavy atom. The number of allylic oxidation sites excluding steroid dienone is 2. The van der Waals surface area contributed by atoms with Crippen molar-refractivity contribution in [1.29, 1.82) is 0 Å². The molecule has 1 unspecified atom stereocenters. The van der Waals surface area contributed by atoms with Crippen molar-refractivity contribution >= 4 is 58.1 Å². The third-order valence-electron chi connectivity index (χ3n) is 6.55. The second-order valence-corrected chi connectivity index (χ2v) is 10.2. The molecule has 3 aromatic rings. The summed E-state index contributed by atoms with van der Waals surface area (Å²) in [5.41, 5.74) is 4.67. The summed E-state index contributed by atoms with van der Waals surface area (Å²) in [7, 11) is 0. The van der Waals surface area contributed by atoms with Gasteiger partial charge >= 0.3 is 12.0 Å². The molecule has 10 heteroatoms. The Bertz CT molecular complexity index is 1410. The summed E-state index contributed by atoms with van der Waals surface area (Å²) in [6.07, 6.45) is 5.06. The van der Waals surface area contributed by atoms with Crippen LogP contribution < -0.4 is 15.5 Å². The van der Waals surface area contributed by atoms with Gasteiger partial charge in [-0.2, -0.15) is 0 Å². The molecular formula is C30H29Cl2N3O5. The molecule has 0 saturated heterocycles. The standard InChI is InChI=1S/C30H29Cl2N3O5/c31-25-15-12-23(16-26(25)32)34-30(40)35(24-13-10-21(11-14-24)20-4-2-1-3-5-20)18-19-6-8-22(9-7-19)28(37)33-17-27(36)29(38)39/h4,6-16,27,36H,1-3,5,17-18H2,(H,33,37)(H,34,40)(H,38,39). The number of carboxylic acids is 1. The van der Waals surface area contributed by atoms with Crippen LogP contribution in [0.1, 0.15) is 47.2 Å². The number of benzene rings is 3. The molecule has 1 aliphatic carbocycles. The molecule has 3 aromatic carbocycles. The first-order valence-electron chi connectivity index (χ1n) is 12.8. The Kier molecular flexibility index (Phi) is 9.82. The van der Waals surface area contributed by atoms with Crippen LogP contribution in [0, 0.1) is 0 Å². The Morgan fingerprint density at radius 3 is 2.27 bits per heavy atom. The fourth-order valence-electron chi connectivity index (χ4n) is 4.32. The quantitative estimate of drug-likeness (QED) is 0.234. The maximum absolute atomic E-state index is 13.5. The monoisotopic (exact) mass is 581 g/mol. The molecule has 0 aliphatic heterocycles. The molecule has 0 saturated carbocycles. The highest BCUT2D eigenvalue weighted by molar-refractivity contribution is 6.42. The van der Waals surface area contributed by atoms with E-state index in [-0.39, 0.29) is 12.6 Å². The number of hydrogen-bond acceptors (Lipinski definition) is 4. The van der Waals surface area contributed by atoms with Crippen LogP contribution in [-0.4, -0.2) is 40.8 Å². The molecule has 0 heterocycles.